The van der Waals surface area contributed by atoms with E-state index in [1.54, 1.807) is 56.4 Å². The summed E-state index contributed by atoms with van der Waals surface area (Å²) in [5.74, 6) is 1.23. The lowest BCUT2D eigenvalue weighted by Crippen LogP contribution is -2.48. The maximum atomic E-state index is 14.4. The van der Waals surface area contributed by atoms with Crippen molar-refractivity contribution in [2.24, 2.45) is 5.92 Å². The minimum atomic E-state index is -4.01. The maximum absolute atomic E-state index is 14.4. The highest BCUT2D eigenvalue weighted by Gasteiger charge is 2.31. The van der Waals surface area contributed by atoms with Gasteiger partial charge in [-0.2, -0.15) is 0 Å². The molecule has 0 unspecified atom stereocenters. The second-order valence-corrected chi connectivity index (χ2v) is 14.9. The van der Waals surface area contributed by atoms with Crippen LogP contribution in [0.4, 0.5) is 16.2 Å². The molecule has 0 fully saturated rings. The van der Waals surface area contributed by atoms with E-state index in [9.17, 15) is 23.1 Å². The zero-order chi connectivity index (χ0) is 37.4. The Morgan fingerprint density at radius 1 is 1.02 bits per heavy atom. The van der Waals surface area contributed by atoms with E-state index in [2.05, 4.69) is 10.0 Å². The number of carbonyl (C=O) groups excluding carboxylic acids is 2. The van der Waals surface area contributed by atoms with Crippen molar-refractivity contribution >= 4 is 33.3 Å². The molecule has 0 aliphatic carbocycles. The molecule has 0 saturated carbocycles. The zero-order valence-electron chi connectivity index (χ0n) is 30.2. The van der Waals surface area contributed by atoms with Gasteiger partial charge in [-0.3, -0.25) is 9.52 Å². The van der Waals surface area contributed by atoms with Crippen molar-refractivity contribution in [2.45, 2.75) is 63.2 Å². The minimum absolute atomic E-state index is 0.0227. The number of ether oxygens (including phenoxy) is 5. The first-order valence-electron chi connectivity index (χ1n) is 17.3. The van der Waals surface area contributed by atoms with E-state index in [-0.39, 0.29) is 60.7 Å². The molecule has 3 N–H and O–H groups in total. The molecule has 2 heterocycles. The van der Waals surface area contributed by atoms with Crippen LogP contribution in [0.5, 0.6) is 23.0 Å². The molecule has 0 spiro atoms. The molecule has 5 rings (SSSR count). The molecule has 0 bridgehead atoms. The fourth-order valence-electron chi connectivity index (χ4n) is 5.96. The predicted molar refractivity (Wildman–Crippen MR) is 195 cm³/mol. The number of hydrogen-bond acceptors (Lipinski definition) is 10. The molecular weight excluding hydrogens is 692 g/mol. The molecule has 3 aromatic rings. The smallest absolute Gasteiger partial charge is 0.321 e. The van der Waals surface area contributed by atoms with Crippen LogP contribution in [0.1, 0.15) is 50.4 Å². The van der Waals surface area contributed by atoms with E-state index in [1.165, 1.54) is 35.1 Å². The largest absolute Gasteiger partial charge is 0.497 e. The van der Waals surface area contributed by atoms with Gasteiger partial charge in [0.15, 0.2) is 11.5 Å². The predicted octanol–water partition coefficient (Wildman–Crippen LogP) is 5.18. The SMILES string of the molecule is COc1ccc(S(=O)(=O)Nc2ccc3c(c2)C(=O)N([C@@H](C)CO)C[C@H](C)[C@@H](CN(C)C(=O)Nc2ccc4c(c2)OCO4)OCCCC[C@@H](C)O3)cc1. The number of anilines is 2. The number of sulfonamides is 1. The van der Waals surface area contributed by atoms with Gasteiger partial charge in [-0.25, -0.2) is 13.2 Å². The van der Waals surface area contributed by atoms with E-state index in [4.69, 9.17) is 23.7 Å². The summed E-state index contributed by atoms with van der Waals surface area (Å²) in [6.07, 6.45) is 1.49. The summed E-state index contributed by atoms with van der Waals surface area (Å²) in [5.41, 5.74) is 0.862. The van der Waals surface area contributed by atoms with Gasteiger partial charge < -0.3 is 43.9 Å². The van der Waals surface area contributed by atoms with E-state index in [0.29, 0.717) is 41.7 Å². The number of carbonyl (C=O) groups is 2. The summed E-state index contributed by atoms with van der Waals surface area (Å²) < 4.78 is 57.7. The Kier molecular flexibility index (Phi) is 12.7. The first kappa shape index (κ1) is 38.5. The average molecular weight is 741 g/mol. The highest BCUT2D eigenvalue weighted by atomic mass is 32.2. The van der Waals surface area contributed by atoms with Crippen LogP contribution in [-0.4, -0.2) is 101 Å². The number of methoxy groups -OCH3 is 1. The van der Waals surface area contributed by atoms with Gasteiger partial charge in [0.05, 0.1) is 42.4 Å². The molecule has 14 nitrogen and oxygen atoms in total. The fourth-order valence-corrected chi connectivity index (χ4v) is 7.01. The van der Waals surface area contributed by atoms with Crippen LogP contribution in [0.25, 0.3) is 0 Å². The number of fused-ring (bicyclic) bond motifs is 2. The Morgan fingerprint density at radius 2 is 1.73 bits per heavy atom. The quantitative estimate of drug-likeness (QED) is 0.266. The summed E-state index contributed by atoms with van der Waals surface area (Å²) in [7, 11) is -0.845. The maximum Gasteiger partial charge on any atom is 0.321 e. The van der Waals surface area contributed by atoms with E-state index in [0.717, 1.165) is 12.8 Å². The second kappa shape index (κ2) is 17.2. The molecule has 0 saturated heterocycles. The number of aliphatic hydroxyl groups is 1. The molecule has 282 valence electrons. The lowest BCUT2D eigenvalue weighted by molar-refractivity contribution is -0.0115. The minimum Gasteiger partial charge on any atom is -0.497 e. The van der Waals surface area contributed by atoms with Crippen LogP contribution >= 0.6 is 0 Å². The molecule has 15 heteroatoms. The monoisotopic (exact) mass is 740 g/mol. The van der Waals surface area contributed by atoms with Crippen molar-refractivity contribution in [1.82, 2.24) is 9.80 Å². The molecule has 52 heavy (non-hydrogen) atoms. The fraction of sp³-hybridized carbons (Fsp3) is 0.459. The van der Waals surface area contributed by atoms with E-state index < -0.39 is 28.1 Å². The number of likely N-dealkylation sites (N-methyl/N-ethyl adjacent to an activating group) is 1. The first-order valence-corrected chi connectivity index (χ1v) is 18.8. The topological polar surface area (TPSA) is 165 Å². The van der Waals surface area contributed by atoms with Crippen LogP contribution in [0.3, 0.4) is 0 Å². The third kappa shape index (κ3) is 9.57. The van der Waals surface area contributed by atoms with Crippen LogP contribution in [0, 0.1) is 5.92 Å². The van der Waals surface area contributed by atoms with Gasteiger partial charge in [-0.15, -0.1) is 0 Å². The average Bonchev–Trinajstić information content (AvgIpc) is 3.60. The number of urea groups is 1. The molecule has 3 aromatic carbocycles. The Hall–Kier alpha value is -4.73. The number of nitrogens with zero attached hydrogens (tertiary/aromatic N) is 2. The first-order chi connectivity index (χ1) is 24.9. The summed E-state index contributed by atoms with van der Waals surface area (Å²) in [6.45, 7) is 6.21. The van der Waals surface area contributed by atoms with Crippen LogP contribution < -0.4 is 29.0 Å². The molecule has 3 amide bonds. The van der Waals surface area contributed by atoms with E-state index >= 15 is 0 Å². The number of amides is 3. The van der Waals surface area contributed by atoms with Crippen molar-refractivity contribution in [1.29, 1.82) is 0 Å². The third-order valence-electron chi connectivity index (χ3n) is 9.10. The van der Waals surface area contributed by atoms with Crippen molar-refractivity contribution < 1.29 is 46.8 Å². The Bertz CT molecular complexity index is 1810. The molecule has 4 atom stereocenters. The number of rotatable bonds is 9. The second-order valence-electron chi connectivity index (χ2n) is 13.2. The van der Waals surface area contributed by atoms with Gasteiger partial charge in [0.25, 0.3) is 15.9 Å². The molecule has 2 aliphatic rings. The summed E-state index contributed by atoms with van der Waals surface area (Å²) in [6, 6.07) is 14.8. The zero-order valence-corrected chi connectivity index (χ0v) is 31.0. The van der Waals surface area contributed by atoms with Crippen molar-refractivity contribution in [3.63, 3.8) is 0 Å². The highest BCUT2D eigenvalue weighted by molar-refractivity contribution is 7.92. The lowest BCUT2D eigenvalue weighted by Gasteiger charge is -2.35. The van der Waals surface area contributed by atoms with Crippen LogP contribution in [0.2, 0.25) is 0 Å². The summed E-state index contributed by atoms with van der Waals surface area (Å²) in [5, 5.41) is 13.2. The van der Waals surface area contributed by atoms with Gasteiger partial charge in [-0.1, -0.05) is 6.92 Å². The normalized spacial score (nSPS) is 20.2. The molecule has 0 aromatic heterocycles. The van der Waals surface area contributed by atoms with Crippen LogP contribution in [-0.2, 0) is 14.8 Å². The van der Waals surface area contributed by atoms with Crippen molar-refractivity contribution in [3.8, 4) is 23.0 Å². The van der Waals surface area contributed by atoms with E-state index in [1.807, 2.05) is 13.8 Å². The number of benzene rings is 3. The Labute approximate surface area is 305 Å². The third-order valence-corrected chi connectivity index (χ3v) is 10.5. The van der Waals surface area contributed by atoms with Crippen LogP contribution in [0.15, 0.2) is 65.6 Å². The Morgan fingerprint density at radius 3 is 2.46 bits per heavy atom. The van der Waals surface area contributed by atoms with Crippen molar-refractivity contribution in [3.05, 3.63) is 66.2 Å². The summed E-state index contributed by atoms with van der Waals surface area (Å²) >= 11 is 0. The highest BCUT2D eigenvalue weighted by Crippen LogP contribution is 2.34. The summed E-state index contributed by atoms with van der Waals surface area (Å²) in [4.78, 5) is 30.8. The standard InChI is InChI=1S/C37H48N4O10S/c1-24-20-41(25(2)22-42)36(43)31-18-28(39-52(45,46)30-13-11-29(47-5)12-14-30)10-15-32(31)51-26(3)8-6-7-17-48-35(24)21-40(4)37(44)38-27-9-16-33-34(19-27)50-23-49-33/h9-16,18-19,24-26,35,39,42H,6-8,17,20-23H2,1-5H3,(H,38,44)/t24-,25-,26+,35+/m0/s1. The number of aliphatic hydroxyl groups excluding tert-OH is 1. The van der Waals surface area contributed by atoms with Gasteiger partial charge in [0, 0.05) is 50.1 Å². The van der Waals surface area contributed by atoms with Gasteiger partial charge in [0.1, 0.15) is 11.5 Å². The number of nitrogens with one attached hydrogen (secondary N) is 2. The molecule has 2 aliphatic heterocycles. The lowest BCUT2D eigenvalue weighted by atomic mass is 10.0. The van der Waals surface area contributed by atoms with Gasteiger partial charge in [-0.05, 0) is 87.7 Å². The Balaban J connectivity index is 1.38. The van der Waals surface area contributed by atoms with Gasteiger partial charge in [0.2, 0.25) is 6.79 Å². The molecule has 0 radical (unpaired) electrons. The van der Waals surface area contributed by atoms with Gasteiger partial charge >= 0.3 is 6.03 Å². The number of hydrogen-bond donors (Lipinski definition) is 3. The molecular formula is C37H48N4O10S. The van der Waals surface area contributed by atoms with Crippen molar-refractivity contribution in [2.75, 3.05) is 57.3 Å².